The first-order chi connectivity index (χ1) is 13.4. The first kappa shape index (κ1) is 19.4. The van der Waals surface area contributed by atoms with Crippen molar-refractivity contribution >= 4 is 36.4 Å². The Balaban J connectivity index is 1.84. The molecule has 1 aliphatic rings. The average Bonchev–Trinajstić information content (AvgIpc) is 2.91. The minimum Gasteiger partial charge on any atom is -0.399 e. The number of hydrogen-bond donors (Lipinski definition) is 0. The third-order valence-electron chi connectivity index (χ3n) is 5.71. The van der Waals surface area contributed by atoms with Gasteiger partial charge in [0.25, 0.3) is 0 Å². The van der Waals surface area contributed by atoms with Crippen LogP contribution in [0.2, 0.25) is 0 Å². The monoisotopic (exact) mass is 388 g/mol. The van der Waals surface area contributed by atoms with Gasteiger partial charge in [-0.05, 0) is 57.0 Å². The van der Waals surface area contributed by atoms with Gasteiger partial charge in [-0.1, -0.05) is 84.9 Å². The van der Waals surface area contributed by atoms with E-state index in [1.807, 2.05) is 0 Å². The van der Waals surface area contributed by atoms with Crippen LogP contribution in [0.5, 0.6) is 0 Å². The smallest absolute Gasteiger partial charge is 0.399 e. The zero-order valence-corrected chi connectivity index (χ0v) is 17.8. The van der Waals surface area contributed by atoms with Crippen molar-refractivity contribution in [2.24, 2.45) is 0 Å². The lowest BCUT2D eigenvalue weighted by atomic mass is 9.79. The molecule has 4 heteroatoms. The molecule has 0 radical (unpaired) electrons. The highest BCUT2D eigenvalue weighted by Gasteiger charge is 2.52. The van der Waals surface area contributed by atoms with Gasteiger partial charge in [0.15, 0.2) is 0 Å². The Morgan fingerprint density at radius 1 is 0.607 bits per heavy atom. The molecule has 0 spiro atoms. The summed E-state index contributed by atoms with van der Waals surface area (Å²) < 4.78 is 12.8. The molecule has 0 saturated carbocycles. The highest BCUT2D eigenvalue weighted by atomic mass is 31.1. The minimum atomic E-state index is -0.705. The van der Waals surface area contributed by atoms with Crippen LogP contribution in [-0.4, -0.2) is 18.3 Å². The summed E-state index contributed by atoms with van der Waals surface area (Å²) in [4.78, 5) is 0. The number of rotatable bonds is 4. The lowest BCUT2D eigenvalue weighted by Gasteiger charge is -2.32. The molecule has 1 fully saturated rings. The largest absolute Gasteiger partial charge is 0.495 e. The Kier molecular flexibility index (Phi) is 5.18. The molecule has 0 atom stereocenters. The average molecular weight is 388 g/mol. The van der Waals surface area contributed by atoms with E-state index in [0.717, 1.165) is 5.46 Å². The van der Waals surface area contributed by atoms with Gasteiger partial charge in [0.1, 0.15) is 0 Å². The summed E-state index contributed by atoms with van der Waals surface area (Å²) in [5, 5.41) is 3.94. The molecule has 0 aliphatic carbocycles. The topological polar surface area (TPSA) is 18.5 Å². The molecule has 0 aromatic heterocycles. The van der Waals surface area contributed by atoms with Gasteiger partial charge in [0.2, 0.25) is 0 Å². The molecule has 3 aromatic rings. The quantitative estimate of drug-likeness (QED) is 0.501. The Morgan fingerprint density at radius 3 is 1.54 bits per heavy atom. The first-order valence-electron chi connectivity index (χ1n) is 9.74. The molecule has 4 rings (SSSR count). The van der Waals surface area contributed by atoms with Crippen LogP contribution in [0.3, 0.4) is 0 Å². The van der Waals surface area contributed by atoms with E-state index >= 15 is 0 Å². The van der Waals surface area contributed by atoms with Crippen molar-refractivity contribution in [3.05, 3.63) is 84.9 Å². The van der Waals surface area contributed by atoms with Gasteiger partial charge in [-0.25, -0.2) is 0 Å². The minimum absolute atomic E-state index is 0.354. The molecule has 0 amide bonds. The first-order valence-corrected chi connectivity index (χ1v) is 11.1. The lowest BCUT2D eigenvalue weighted by Crippen LogP contribution is -2.44. The predicted molar refractivity (Wildman–Crippen MR) is 121 cm³/mol. The van der Waals surface area contributed by atoms with E-state index in [4.69, 9.17) is 9.31 Å². The summed E-state index contributed by atoms with van der Waals surface area (Å²) in [7, 11) is -1.07. The molecule has 3 aromatic carbocycles. The van der Waals surface area contributed by atoms with E-state index in [9.17, 15) is 0 Å². The van der Waals surface area contributed by atoms with Gasteiger partial charge in [-0.15, -0.1) is 0 Å². The van der Waals surface area contributed by atoms with Crippen molar-refractivity contribution in [1.29, 1.82) is 0 Å². The molecule has 2 nitrogen and oxygen atoms in total. The van der Waals surface area contributed by atoms with Crippen molar-refractivity contribution in [3.63, 3.8) is 0 Å². The van der Waals surface area contributed by atoms with E-state index in [1.54, 1.807) is 0 Å². The molecular weight excluding hydrogens is 362 g/mol. The van der Waals surface area contributed by atoms with Crippen LogP contribution in [0.4, 0.5) is 0 Å². The van der Waals surface area contributed by atoms with E-state index in [1.165, 1.54) is 15.9 Å². The van der Waals surface area contributed by atoms with Crippen LogP contribution in [0.15, 0.2) is 84.9 Å². The summed E-state index contributed by atoms with van der Waals surface area (Å²) in [5.74, 6) is 0. The van der Waals surface area contributed by atoms with Crippen LogP contribution < -0.4 is 21.4 Å². The second kappa shape index (κ2) is 7.48. The SMILES string of the molecule is CC1(C)OB(c2ccccc2P(c2ccccc2)c2ccccc2)OC1(C)C. The van der Waals surface area contributed by atoms with Gasteiger partial charge in [-0.3, -0.25) is 0 Å². The molecular formula is C24H26BO2P. The summed E-state index contributed by atoms with van der Waals surface area (Å²) in [5.41, 5.74) is 0.417. The number of hydrogen-bond acceptors (Lipinski definition) is 2. The van der Waals surface area contributed by atoms with E-state index in [-0.39, 0.29) is 18.3 Å². The van der Waals surface area contributed by atoms with Crippen LogP contribution in [0.25, 0.3) is 0 Å². The van der Waals surface area contributed by atoms with Crippen molar-refractivity contribution in [2.45, 2.75) is 38.9 Å². The van der Waals surface area contributed by atoms with Crippen molar-refractivity contribution in [1.82, 2.24) is 0 Å². The summed E-state index contributed by atoms with van der Waals surface area (Å²) >= 11 is 0. The number of benzene rings is 3. The lowest BCUT2D eigenvalue weighted by molar-refractivity contribution is 0.00578. The second-order valence-electron chi connectivity index (χ2n) is 8.15. The fourth-order valence-corrected chi connectivity index (χ4v) is 5.91. The predicted octanol–water partition coefficient (Wildman–Crippen LogP) is 3.74. The maximum absolute atomic E-state index is 6.40. The fourth-order valence-electron chi connectivity index (χ4n) is 3.44. The van der Waals surface area contributed by atoms with Crippen LogP contribution in [0, 0.1) is 0 Å². The Labute approximate surface area is 169 Å². The van der Waals surface area contributed by atoms with Gasteiger partial charge in [0.05, 0.1) is 11.2 Å². The standard InChI is InChI=1S/C24H26BO2P/c1-23(2)24(3,4)27-25(26-23)21-17-11-12-18-22(21)28(19-13-7-5-8-14-19)20-15-9-6-10-16-20/h5-18H,1-4H3. The third-order valence-corrected chi connectivity index (χ3v) is 8.23. The zero-order valence-electron chi connectivity index (χ0n) is 16.9. The third kappa shape index (κ3) is 3.55. The van der Waals surface area contributed by atoms with Crippen LogP contribution in [-0.2, 0) is 9.31 Å². The molecule has 1 heterocycles. The Bertz CT molecular complexity index is 886. The molecule has 0 unspecified atom stereocenters. The van der Waals surface area contributed by atoms with Gasteiger partial charge in [0, 0.05) is 0 Å². The highest BCUT2D eigenvalue weighted by molar-refractivity contribution is 7.80. The maximum atomic E-state index is 6.40. The highest BCUT2D eigenvalue weighted by Crippen LogP contribution is 2.38. The van der Waals surface area contributed by atoms with Gasteiger partial charge in [-0.2, -0.15) is 0 Å². The van der Waals surface area contributed by atoms with Crippen LogP contribution in [0.1, 0.15) is 27.7 Å². The van der Waals surface area contributed by atoms with Gasteiger partial charge < -0.3 is 9.31 Å². The molecule has 28 heavy (non-hydrogen) atoms. The summed E-state index contributed by atoms with van der Waals surface area (Å²) in [6, 6.07) is 30.1. The summed E-state index contributed by atoms with van der Waals surface area (Å²) in [6.45, 7) is 8.42. The van der Waals surface area contributed by atoms with E-state index < -0.39 is 7.92 Å². The van der Waals surface area contributed by atoms with Gasteiger partial charge >= 0.3 is 7.12 Å². The van der Waals surface area contributed by atoms with Crippen molar-refractivity contribution in [3.8, 4) is 0 Å². The van der Waals surface area contributed by atoms with E-state index in [0.29, 0.717) is 0 Å². The van der Waals surface area contributed by atoms with E-state index in [2.05, 4.69) is 113 Å². The Hall–Kier alpha value is -1.93. The zero-order chi connectivity index (χ0) is 19.8. The molecule has 0 N–H and O–H groups in total. The van der Waals surface area contributed by atoms with Crippen molar-refractivity contribution < 1.29 is 9.31 Å². The summed E-state index contributed by atoms with van der Waals surface area (Å²) in [6.07, 6.45) is 0. The van der Waals surface area contributed by atoms with Crippen molar-refractivity contribution in [2.75, 3.05) is 0 Å². The molecule has 142 valence electrons. The normalized spacial score (nSPS) is 17.8. The van der Waals surface area contributed by atoms with Crippen LogP contribution >= 0.6 is 7.92 Å². The molecule has 0 bridgehead atoms. The molecule has 1 aliphatic heterocycles. The maximum Gasteiger partial charge on any atom is 0.495 e. The second-order valence-corrected chi connectivity index (χ2v) is 10.3. The fraction of sp³-hybridized carbons (Fsp3) is 0.250. The Morgan fingerprint density at radius 2 is 1.04 bits per heavy atom. The molecule has 1 saturated heterocycles.